The van der Waals surface area contributed by atoms with Gasteiger partial charge in [0.25, 0.3) is 5.91 Å². The topological polar surface area (TPSA) is 118 Å². The molecule has 2 aromatic rings. The van der Waals surface area contributed by atoms with E-state index < -0.39 is 32.4 Å². The van der Waals surface area contributed by atoms with Gasteiger partial charge in [-0.3, -0.25) is 15.0 Å². The van der Waals surface area contributed by atoms with Gasteiger partial charge < -0.3 is 4.84 Å². The Balaban J connectivity index is 1.79. The summed E-state index contributed by atoms with van der Waals surface area (Å²) in [6.45, 7) is 5.24. The van der Waals surface area contributed by atoms with Gasteiger partial charge in [-0.15, -0.1) is 0 Å². The van der Waals surface area contributed by atoms with Crippen molar-refractivity contribution in [3.63, 3.8) is 0 Å². The summed E-state index contributed by atoms with van der Waals surface area (Å²) in [5.74, 6) is -1.27. The number of halogens is 1. The van der Waals surface area contributed by atoms with Crippen LogP contribution in [-0.2, 0) is 19.5 Å². The first-order valence-corrected chi connectivity index (χ1v) is 12.0. The lowest BCUT2D eigenvalue weighted by Gasteiger charge is -2.26. The molecule has 2 unspecified atom stereocenters. The number of amides is 1. The van der Waals surface area contributed by atoms with Gasteiger partial charge in [-0.25, -0.2) is 18.3 Å². The summed E-state index contributed by atoms with van der Waals surface area (Å²) in [4.78, 5) is 21.7. The SMILES string of the molecule is CC(C)c1cc(-c2ccc(C3=NOC(CC(C)(C(=O)NO)S(C)(=O)=O)C3)cc2F)ccn1. The van der Waals surface area contributed by atoms with Gasteiger partial charge in [0.05, 0.1) is 5.71 Å². The minimum Gasteiger partial charge on any atom is -0.392 e. The van der Waals surface area contributed by atoms with E-state index in [0.717, 1.165) is 11.9 Å². The van der Waals surface area contributed by atoms with Gasteiger partial charge in [0, 0.05) is 42.1 Å². The zero-order chi connectivity index (χ0) is 23.7. The smallest absolute Gasteiger partial charge is 0.264 e. The van der Waals surface area contributed by atoms with Crippen LogP contribution in [0.2, 0.25) is 0 Å². The fourth-order valence-electron chi connectivity index (χ4n) is 3.53. The molecular weight excluding hydrogens is 437 g/mol. The number of nitrogens with zero attached hydrogens (tertiary/aromatic N) is 2. The Kier molecular flexibility index (Phi) is 6.66. The van der Waals surface area contributed by atoms with Crippen molar-refractivity contribution in [2.24, 2.45) is 5.16 Å². The van der Waals surface area contributed by atoms with Gasteiger partial charge in [0.15, 0.2) is 14.6 Å². The van der Waals surface area contributed by atoms with E-state index in [1.165, 1.54) is 18.5 Å². The molecule has 0 fully saturated rings. The van der Waals surface area contributed by atoms with Gasteiger partial charge >= 0.3 is 0 Å². The molecular formula is C22H26FN3O5S. The number of hydrogen-bond acceptors (Lipinski definition) is 7. The Hall–Kier alpha value is -2.85. The number of carbonyl (C=O) groups is 1. The maximum Gasteiger partial charge on any atom is 0.264 e. The van der Waals surface area contributed by atoms with Gasteiger partial charge in [0.1, 0.15) is 11.9 Å². The van der Waals surface area contributed by atoms with Crippen molar-refractivity contribution in [1.82, 2.24) is 10.5 Å². The average Bonchev–Trinajstić information content (AvgIpc) is 3.20. The fourth-order valence-corrected chi connectivity index (χ4v) is 4.40. The highest BCUT2D eigenvalue weighted by Gasteiger charge is 2.47. The maximum atomic E-state index is 14.9. The van der Waals surface area contributed by atoms with Crippen molar-refractivity contribution in [3.8, 4) is 11.1 Å². The summed E-state index contributed by atoms with van der Waals surface area (Å²) in [5.41, 5.74) is 4.36. The predicted octanol–water partition coefficient (Wildman–Crippen LogP) is 3.20. The summed E-state index contributed by atoms with van der Waals surface area (Å²) in [7, 11) is -3.87. The Morgan fingerprint density at radius 2 is 2.03 bits per heavy atom. The van der Waals surface area contributed by atoms with E-state index in [4.69, 9.17) is 10.0 Å². The number of benzene rings is 1. The second-order valence-electron chi connectivity index (χ2n) is 8.44. The molecule has 3 rings (SSSR count). The molecule has 0 spiro atoms. The highest BCUT2D eigenvalue weighted by Crippen LogP contribution is 2.31. The molecule has 1 aliphatic heterocycles. The van der Waals surface area contributed by atoms with Crippen LogP contribution in [0.3, 0.4) is 0 Å². The highest BCUT2D eigenvalue weighted by atomic mass is 32.2. The van der Waals surface area contributed by atoms with Crippen LogP contribution in [0.25, 0.3) is 11.1 Å². The molecule has 32 heavy (non-hydrogen) atoms. The summed E-state index contributed by atoms with van der Waals surface area (Å²) in [6, 6.07) is 8.32. The lowest BCUT2D eigenvalue weighted by Crippen LogP contribution is -2.51. The molecule has 10 heteroatoms. The van der Waals surface area contributed by atoms with Gasteiger partial charge in [-0.1, -0.05) is 31.1 Å². The Bertz CT molecular complexity index is 1170. The molecule has 2 N–H and O–H groups in total. The molecule has 1 aliphatic rings. The second kappa shape index (κ2) is 8.95. The van der Waals surface area contributed by atoms with Crippen molar-refractivity contribution in [1.29, 1.82) is 0 Å². The average molecular weight is 464 g/mol. The van der Waals surface area contributed by atoms with Crippen molar-refractivity contribution in [3.05, 3.63) is 53.6 Å². The summed E-state index contributed by atoms with van der Waals surface area (Å²) >= 11 is 0. The van der Waals surface area contributed by atoms with Crippen molar-refractivity contribution >= 4 is 21.5 Å². The van der Waals surface area contributed by atoms with Crippen molar-refractivity contribution < 1.29 is 27.6 Å². The molecule has 1 aromatic carbocycles. The third-order valence-electron chi connectivity index (χ3n) is 5.74. The van der Waals surface area contributed by atoms with Crippen LogP contribution in [0.15, 0.2) is 41.7 Å². The fraction of sp³-hybridized carbons (Fsp3) is 0.409. The van der Waals surface area contributed by atoms with E-state index in [1.54, 1.807) is 24.4 Å². The first kappa shape index (κ1) is 23.8. The van der Waals surface area contributed by atoms with Crippen molar-refractivity contribution in [2.75, 3.05) is 6.26 Å². The molecule has 0 radical (unpaired) electrons. The molecule has 2 heterocycles. The Morgan fingerprint density at radius 1 is 1.31 bits per heavy atom. The lowest BCUT2D eigenvalue weighted by molar-refractivity contribution is -0.132. The molecule has 1 aromatic heterocycles. The van der Waals surface area contributed by atoms with E-state index in [1.807, 2.05) is 19.9 Å². The molecule has 0 saturated carbocycles. The number of nitrogens with one attached hydrogen (secondary N) is 1. The largest absolute Gasteiger partial charge is 0.392 e. The second-order valence-corrected chi connectivity index (χ2v) is 10.9. The molecule has 172 valence electrons. The van der Waals surface area contributed by atoms with Crippen LogP contribution >= 0.6 is 0 Å². The first-order chi connectivity index (χ1) is 15.0. The van der Waals surface area contributed by atoms with E-state index in [2.05, 4.69) is 10.1 Å². The highest BCUT2D eigenvalue weighted by molar-refractivity contribution is 7.92. The van der Waals surface area contributed by atoms with E-state index >= 15 is 0 Å². The number of rotatable bonds is 7. The number of oxime groups is 1. The standard InChI is InChI=1S/C22H26FN3O5S/c1-13(2)19-10-14(7-8-24-19)17-6-5-15(9-18(17)23)20-11-16(31-26-20)12-22(3,21(27)25-28)32(4,29)30/h5-10,13,16,28H,11-12H2,1-4H3,(H,25,27). The third-order valence-corrected chi connectivity index (χ3v) is 7.73. The lowest BCUT2D eigenvalue weighted by atomic mass is 9.95. The van der Waals surface area contributed by atoms with Crippen LogP contribution in [-0.4, -0.2) is 47.3 Å². The van der Waals surface area contributed by atoms with Crippen molar-refractivity contribution in [2.45, 2.75) is 50.4 Å². The monoisotopic (exact) mass is 463 g/mol. The van der Waals surface area contributed by atoms with Gasteiger partial charge in [-0.2, -0.15) is 0 Å². The number of pyridine rings is 1. The number of carbonyl (C=O) groups excluding carboxylic acids is 1. The molecule has 0 bridgehead atoms. The van der Waals surface area contributed by atoms with Crippen LogP contribution < -0.4 is 5.48 Å². The minimum absolute atomic E-state index is 0.190. The quantitative estimate of drug-likeness (QED) is 0.481. The third kappa shape index (κ3) is 4.66. The summed E-state index contributed by atoms with van der Waals surface area (Å²) < 4.78 is 37.3. The summed E-state index contributed by atoms with van der Waals surface area (Å²) in [5, 5.41) is 12.9. The number of hydrogen-bond donors (Lipinski definition) is 2. The van der Waals surface area contributed by atoms with Crippen LogP contribution in [0, 0.1) is 5.82 Å². The number of aromatic nitrogens is 1. The molecule has 0 saturated heterocycles. The Labute approximate surface area is 186 Å². The minimum atomic E-state index is -3.87. The zero-order valence-electron chi connectivity index (χ0n) is 18.3. The van der Waals surface area contributed by atoms with Crippen LogP contribution in [0.1, 0.15) is 50.8 Å². The number of sulfone groups is 1. The van der Waals surface area contributed by atoms with Gasteiger partial charge in [-0.05, 0) is 36.6 Å². The van der Waals surface area contributed by atoms with Crippen LogP contribution in [0.5, 0.6) is 0 Å². The Morgan fingerprint density at radius 3 is 2.62 bits per heavy atom. The molecule has 0 aliphatic carbocycles. The molecule has 1 amide bonds. The maximum absolute atomic E-state index is 14.9. The van der Waals surface area contributed by atoms with E-state index in [-0.39, 0.29) is 18.8 Å². The van der Waals surface area contributed by atoms with Crippen LogP contribution in [0.4, 0.5) is 4.39 Å². The van der Waals surface area contributed by atoms with E-state index in [9.17, 15) is 17.6 Å². The first-order valence-electron chi connectivity index (χ1n) is 10.1. The normalized spacial score (nSPS) is 18.1. The zero-order valence-corrected chi connectivity index (χ0v) is 19.1. The number of hydroxylamine groups is 1. The van der Waals surface area contributed by atoms with Gasteiger partial charge in [0.2, 0.25) is 0 Å². The molecule has 2 atom stereocenters. The summed E-state index contributed by atoms with van der Waals surface area (Å²) in [6.07, 6.45) is 1.81. The predicted molar refractivity (Wildman–Crippen MR) is 118 cm³/mol. The molecule has 8 nitrogen and oxygen atoms in total. The van der Waals surface area contributed by atoms with E-state index in [0.29, 0.717) is 22.4 Å².